The zero-order valence-corrected chi connectivity index (χ0v) is 12.2. The molecule has 2 rings (SSSR count). The third-order valence-electron chi connectivity index (χ3n) is 3.97. The van der Waals surface area contributed by atoms with Crippen molar-refractivity contribution in [2.24, 2.45) is 5.92 Å². The smallest absolute Gasteiger partial charge is 0.321 e. The SMILES string of the molecule is CN(CC1CCCCC1O)C(=O)Nc1cccc(C#N)c1. The first-order valence-electron chi connectivity index (χ1n) is 7.30. The normalized spacial score (nSPS) is 21.4. The number of aliphatic hydroxyl groups is 1. The Hall–Kier alpha value is -2.06. The molecule has 0 spiro atoms. The third kappa shape index (κ3) is 4.20. The number of nitrogens with one attached hydrogen (secondary N) is 1. The fourth-order valence-corrected chi connectivity index (χ4v) is 2.72. The standard InChI is InChI=1S/C16H21N3O2/c1-19(11-13-6-2-3-8-15(13)20)16(21)18-14-7-4-5-12(9-14)10-17/h4-5,7,9,13,15,20H,2-3,6,8,11H2,1H3,(H,18,21). The van der Waals surface area contributed by atoms with Crippen molar-refractivity contribution in [1.29, 1.82) is 5.26 Å². The Kier molecular flexibility index (Phi) is 5.18. The molecule has 1 aromatic rings. The van der Waals surface area contributed by atoms with Gasteiger partial charge >= 0.3 is 6.03 Å². The molecule has 0 saturated heterocycles. The Morgan fingerprint density at radius 2 is 2.24 bits per heavy atom. The zero-order valence-electron chi connectivity index (χ0n) is 12.2. The van der Waals surface area contributed by atoms with E-state index in [1.165, 1.54) is 0 Å². The van der Waals surface area contributed by atoms with Crippen molar-refractivity contribution in [3.05, 3.63) is 29.8 Å². The lowest BCUT2D eigenvalue weighted by atomic mass is 9.86. The van der Waals surface area contributed by atoms with Crippen molar-refractivity contribution < 1.29 is 9.90 Å². The lowest BCUT2D eigenvalue weighted by Crippen LogP contribution is -2.40. The van der Waals surface area contributed by atoms with Crippen molar-refractivity contribution in [2.45, 2.75) is 31.8 Å². The number of hydrogen-bond acceptors (Lipinski definition) is 3. The molecule has 1 fully saturated rings. The molecule has 0 aliphatic heterocycles. The van der Waals surface area contributed by atoms with Crippen LogP contribution >= 0.6 is 0 Å². The van der Waals surface area contributed by atoms with Crippen LogP contribution in [0.15, 0.2) is 24.3 Å². The van der Waals surface area contributed by atoms with Gasteiger partial charge in [0.2, 0.25) is 0 Å². The second-order valence-electron chi connectivity index (χ2n) is 5.62. The Morgan fingerprint density at radius 1 is 1.48 bits per heavy atom. The van der Waals surface area contributed by atoms with E-state index in [2.05, 4.69) is 5.32 Å². The minimum atomic E-state index is -0.309. The van der Waals surface area contributed by atoms with Crippen molar-refractivity contribution in [3.63, 3.8) is 0 Å². The average molecular weight is 287 g/mol. The number of urea groups is 1. The Balaban J connectivity index is 1.91. The van der Waals surface area contributed by atoms with E-state index in [1.54, 1.807) is 36.2 Å². The molecule has 0 aromatic heterocycles. The van der Waals surface area contributed by atoms with E-state index in [4.69, 9.17) is 5.26 Å². The summed E-state index contributed by atoms with van der Waals surface area (Å²) in [5, 5.41) is 21.6. The summed E-state index contributed by atoms with van der Waals surface area (Å²) in [6.07, 6.45) is 3.65. The number of anilines is 1. The van der Waals surface area contributed by atoms with Crippen LogP contribution < -0.4 is 5.32 Å². The number of carbonyl (C=O) groups is 1. The van der Waals surface area contributed by atoms with Gasteiger partial charge in [0.1, 0.15) is 0 Å². The highest BCUT2D eigenvalue weighted by molar-refractivity contribution is 5.89. The number of benzene rings is 1. The van der Waals surface area contributed by atoms with Gasteiger partial charge in [-0.05, 0) is 31.0 Å². The lowest BCUT2D eigenvalue weighted by Gasteiger charge is -2.31. The number of aliphatic hydroxyl groups excluding tert-OH is 1. The van der Waals surface area contributed by atoms with Crippen molar-refractivity contribution in [3.8, 4) is 6.07 Å². The van der Waals surface area contributed by atoms with Crippen molar-refractivity contribution >= 4 is 11.7 Å². The number of nitriles is 1. The van der Waals surface area contributed by atoms with Gasteiger partial charge in [-0.15, -0.1) is 0 Å². The zero-order chi connectivity index (χ0) is 15.2. The molecule has 1 saturated carbocycles. The molecule has 0 radical (unpaired) electrons. The molecule has 112 valence electrons. The maximum absolute atomic E-state index is 12.1. The summed E-state index contributed by atoms with van der Waals surface area (Å²) in [5.41, 5.74) is 1.12. The fourth-order valence-electron chi connectivity index (χ4n) is 2.72. The molecule has 5 heteroatoms. The number of hydrogen-bond donors (Lipinski definition) is 2. The summed E-state index contributed by atoms with van der Waals surface area (Å²) in [6.45, 7) is 0.547. The Bertz CT molecular complexity index is 539. The van der Waals surface area contributed by atoms with Crippen LogP contribution in [0.25, 0.3) is 0 Å². The van der Waals surface area contributed by atoms with E-state index in [1.807, 2.05) is 6.07 Å². The summed E-state index contributed by atoms with van der Waals surface area (Å²) in [7, 11) is 1.73. The largest absolute Gasteiger partial charge is 0.393 e. The molecule has 1 aromatic carbocycles. The molecule has 2 amide bonds. The fraction of sp³-hybridized carbons (Fsp3) is 0.500. The average Bonchev–Trinajstić information content (AvgIpc) is 2.49. The topological polar surface area (TPSA) is 76.4 Å². The molecular formula is C16H21N3O2. The summed E-state index contributed by atoms with van der Waals surface area (Å²) >= 11 is 0. The highest BCUT2D eigenvalue weighted by Crippen LogP contribution is 2.25. The van der Waals surface area contributed by atoms with Gasteiger partial charge in [0.25, 0.3) is 0 Å². The molecule has 21 heavy (non-hydrogen) atoms. The summed E-state index contributed by atoms with van der Waals surface area (Å²) < 4.78 is 0. The number of nitrogens with zero attached hydrogens (tertiary/aromatic N) is 2. The predicted molar refractivity (Wildman–Crippen MR) is 80.8 cm³/mol. The monoisotopic (exact) mass is 287 g/mol. The van der Waals surface area contributed by atoms with E-state index in [0.717, 1.165) is 25.7 Å². The van der Waals surface area contributed by atoms with Gasteiger partial charge in [-0.2, -0.15) is 5.26 Å². The first-order valence-corrected chi connectivity index (χ1v) is 7.30. The predicted octanol–water partition coefficient (Wildman–Crippen LogP) is 2.57. The van der Waals surface area contributed by atoms with E-state index in [0.29, 0.717) is 17.8 Å². The number of carbonyl (C=O) groups excluding carboxylic acids is 1. The molecule has 2 atom stereocenters. The van der Waals surface area contributed by atoms with Crippen LogP contribution in [-0.2, 0) is 0 Å². The van der Waals surface area contributed by atoms with Gasteiger partial charge in [0.15, 0.2) is 0 Å². The minimum absolute atomic E-state index is 0.153. The van der Waals surface area contributed by atoms with Crippen molar-refractivity contribution in [1.82, 2.24) is 4.90 Å². The van der Waals surface area contributed by atoms with Crippen LogP contribution in [0, 0.1) is 17.2 Å². The molecule has 5 nitrogen and oxygen atoms in total. The maximum Gasteiger partial charge on any atom is 0.321 e. The van der Waals surface area contributed by atoms with Crippen molar-refractivity contribution in [2.75, 3.05) is 18.9 Å². The maximum atomic E-state index is 12.1. The van der Waals surface area contributed by atoms with E-state index in [9.17, 15) is 9.90 Å². The van der Waals surface area contributed by atoms with Gasteiger partial charge in [0.05, 0.1) is 17.7 Å². The Morgan fingerprint density at radius 3 is 2.95 bits per heavy atom. The van der Waals surface area contributed by atoms with Gasteiger partial charge in [-0.25, -0.2) is 4.79 Å². The second-order valence-corrected chi connectivity index (χ2v) is 5.62. The van der Waals surface area contributed by atoms with E-state index >= 15 is 0 Å². The van der Waals surface area contributed by atoms with Crippen LogP contribution in [0.4, 0.5) is 10.5 Å². The highest BCUT2D eigenvalue weighted by atomic mass is 16.3. The lowest BCUT2D eigenvalue weighted by molar-refractivity contribution is 0.0575. The number of rotatable bonds is 3. The van der Waals surface area contributed by atoms with Crippen LogP contribution in [0.5, 0.6) is 0 Å². The molecule has 0 heterocycles. The first-order chi connectivity index (χ1) is 10.1. The van der Waals surface area contributed by atoms with Crippen LogP contribution in [0.3, 0.4) is 0 Å². The third-order valence-corrected chi connectivity index (χ3v) is 3.97. The molecule has 2 N–H and O–H groups in total. The minimum Gasteiger partial charge on any atom is -0.393 e. The summed E-state index contributed by atoms with van der Waals surface area (Å²) in [6, 6.07) is 8.64. The summed E-state index contributed by atoms with van der Waals surface area (Å²) in [4.78, 5) is 13.7. The molecule has 1 aliphatic rings. The molecular weight excluding hydrogens is 266 g/mol. The van der Waals surface area contributed by atoms with E-state index < -0.39 is 0 Å². The van der Waals surface area contributed by atoms with Crippen LogP contribution in [0.1, 0.15) is 31.2 Å². The van der Waals surface area contributed by atoms with Gasteiger partial charge in [-0.1, -0.05) is 18.9 Å². The van der Waals surface area contributed by atoms with E-state index in [-0.39, 0.29) is 18.1 Å². The molecule has 1 aliphatic carbocycles. The highest BCUT2D eigenvalue weighted by Gasteiger charge is 2.25. The second kappa shape index (κ2) is 7.09. The Labute approximate surface area is 125 Å². The van der Waals surface area contributed by atoms with Crippen LogP contribution in [0.2, 0.25) is 0 Å². The van der Waals surface area contributed by atoms with Crippen LogP contribution in [-0.4, -0.2) is 35.7 Å². The molecule has 2 unspecified atom stereocenters. The van der Waals surface area contributed by atoms with Gasteiger partial charge in [0, 0.05) is 25.2 Å². The quantitative estimate of drug-likeness (QED) is 0.897. The van der Waals surface area contributed by atoms with Gasteiger partial charge in [-0.3, -0.25) is 0 Å². The first kappa shape index (κ1) is 15.3. The van der Waals surface area contributed by atoms with Gasteiger partial charge < -0.3 is 15.3 Å². The number of amides is 2. The summed E-state index contributed by atoms with van der Waals surface area (Å²) in [5.74, 6) is 0.153. The molecule has 0 bridgehead atoms.